The summed E-state index contributed by atoms with van der Waals surface area (Å²) in [6, 6.07) is 20.9. The van der Waals surface area contributed by atoms with Crippen molar-refractivity contribution in [2.75, 3.05) is 0 Å². The first-order chi connectivity index (χ1) is 13.7. The van der Waals surface area contributed by atoms with E-state index < -0.39 is 12.1 Å². The molecule has 2 aromatic carbocycles. The van der Waals surface area contributed by atoms with E-state index in [1.54, 1.807) is 12.4 Å². The van der Waals surface area contributed by atoms with Crippen LogP contribution in [-0.2, 0) is 29.2 Å². The molecule has 5 nitrogen and oxygen atoms in total. The monoisotopic (exact) mass is 377 g/mol. The van der Waals surface area contributed by atoms with Crippen LogP contribution in [0, 0.1) is 0 Å². The molecule has 0 aliphatic rings. The number of carbonyl (C=O) groups excluding carboxylic acids is 1. The zero-order valence-electron chi connectivity index (χ0n) is 15.5. The number of pyridine rings is 1. The van der Waals surface area contributed by atoms with Crippen LogP contribution < -0.4 is 4.74 Å². The summed E-state index contributed by atoms with van der Waals surface area (Å²) in [5.41, 5.74) is 2.95. The Morgan fingerprint density at radius 3 is 2.25 bits per heavy atom. The summed E-state index contributed by atoms with van der Waals surface area (Å²) in [6.07, 6.45) is 3.29. The molecule has 3 aromatic rings. The van der Waals surface area contributed by atoms with E-state index in [9.17, 15) is 9.90 Å². The summed E-state index contributed by atoms with van der Waals surface area (Å²) in [5.74, 6) is 0.128. The molecule has 1 N–H and O–H groups in total. The number of ether oxygens (including phenoxy) is 2. The number of carbonyl (C=O) groups is 1. The lowest BCUT2D eigenvalue weighted by atomic mass is 10.1. The summed E-state index contributed by atoms with van der Waals surface area (Å²) >= 11 is 0. The molecule has 1 unspecified atom stereocenters. The first-order valence-electron chi connectivity index (χ1n) is 9.20. The second kappa shape index (κ2) is 10.2. The largest absolute Gasteiger partial charge is 0.489 e. The van der Waals surface area contributed by atoms with Crippen molar-refractivity contribution in [3.8, 4) is 5.75 Å². The quantitative estimate of drug-likeness (QED) is 0.576. The number of aryl methyl sites for hydroxylation is 1. The van der Waals surface area contributed by atoms with Crippen molar-refractivity contribution in [3.05, 3.63) is 95.8 Å². The van der Waals surface area contributed by atoms with Gasteiger partial charge in [-0.25, -0.2) is 4.79 Å². The molecule has 0 aliphatic heterocycles. The van der Waals surface area contributed by atoms with Crippen molar-refractivity contribution in [1.29, 1.82) is 0 Å². The Morgan fingerprint density at radius 2 is 1.54 bits per heavy atom. The highest BCUT2D eigenvalue weighted by molar-refractivity contribution is 5.74. The topological polar surface area (TPSA) is 68.7 Å². The van der Waals surface area contributed by atoms with Crippen LogP contribution in [0.3, 0.4) is 0 Å². The van der Waals surface area contributed by atoms with Crippen LogP contribution in [0.2, 0.25) is 0 Å². The van der Waals surface area contributed by atoms with Crippen LogP contribution >= 0.6 is 0 Å². The normalized spacial score (nSPS) is 11.6. The predicted molar refractivity (Wildman–Crippen MR) is 106 cm³/mol. The van der Waals surface area contributed by atoms with Crippen LogP contribution in [0.25, 0.3) is 0 Å². The number of aliphatic hydroxyl groups is 1. The molecule has 1 aromatic heterocycles. The van der Waals surface area contributed by atoms with Crippen molar-refractivity contribution >= 4 is 5.97 Å². The lowest BCUT2D eigenvalue weighted by Gasteiger charge is -2.11. The van der Waals surface area contributed by atoms with Crippen molar-refractivity contribution in [2.45, 2.75) is 32.2 Å². The minimum absolute atomic E-state index is 0.117. The summed E-state index contributed by atoms with van der Waals surface area (Å²) in [5, 5.41) is 9.98. The molecule has 0 bridgehead atoms. The summed E-state index contributed by atoms with van der Waals surface area (Å²) in [7, 11) is 0. The van der Waals surface area contributed by atoms with Crippen molar-refractivity contribution in [1.82, 2.24) is 4.98 Å². The molecule has 5 heteroatoms. The third-order valence-electron chi connectivity index (χ3n) is 4.28. The van der Waals surface area contributed by atoms with E-state index in [1.807, 2.05) is 66.7 Å². The van der Waals surface area contributed by atoms with Gasteiger partial charge in [-0.2, -0.15) is 0 Å². The van der Waals surface area contributed by atoms with Crippen LogP contribution in [0.5, 0.6) is 5.75 Å². The van der Waals surface area contributed by atoms with Crippen molar-refractivity contribution < 1.29 is 19.4 Å². The number of aromatic nitrogens is 1. The lowest BCUT2D eigenvalue weighted by Crippen LogP contribution is -2.23. The fraction of sp³-hybridized carbons (Fsp3) is 0.217. The Labute approximate surface area is 164 Å². The second-order valence-electron chi connectivity index (χ2n) is 6.44. The average Bonchev–Trinajstić information content (AvgIpc) is 2.76. The Bertz CT molecular complexity index is 851. The van der Waals surface area contributed by atoms with E-state index in [0.717, 1.165) is 22.4 Å². The van der Waals surface area contributed by atoms with Gasteiger partial charge in [-0.05, 0) is 53.8 Å². The predicted octanol–water partition coefficient (Wildman–Crippen LogP) is 3.70. The molecule has 0 saturated carbocycles. The van der Waals surface area contributed by atoms with Gasteiger partial charge in [-0.1, -0.05) is 42.5 Å². The van der Waals surface area contributed by atoms with Gasteiger partial charge < -0.3 is 14.6 Å². The number of esters is 1. The molecule has 28 heavy (non-hydrogen) atoms. The maximum atomic E-state index is 12.0. The molecule has 144 valence electrons. The first kappa shape index (κ1) is 19.6. The van der Waals surface area contributed by atoms with Crippen LogP contribution in [0.15, 0.2) is 79.1 Å². The van der Waals surface area contributed by atoms with Gasteiger partial charge in [-0.15, -0.1) is 0 Å². The van der Waals surface area contributed by atoms with E-state index in [2.05, 4.69) is 4.98 Å². The van der Waals surface area contributed by atoms with Gasteiger partial charge in [-0.3, -0.25) is 4.98 Å². The molecule has 0 radical (unpaired) electrons. The number of hydrogen-bond acceptors (Lipinski definition) is 5. The average molecular weight is 377 g/mol. The zero-order valence-corrected chi connectivity index (χ0v) is 15.5. The molecule has 0 aliphatic carbocycles. The van der Waals surface area contributed by atoms with Gasteiger partial charge in [0.25, 0.3) is 0 Å². The molecule has 0 amide bonds. The molecule has 1 heterocycles. The van der Waals surface area contributed by atoms with E-state index >= 15 is 0 Å². The number of aliphatic hydroxyl groups excluding tert-OH is 1. The fourth-order valence-electron chi connectivity index (χ4n) is 2.64. The third kappa shape index (κ3) is 6.21. The minimum Gasteiger partial charge on any atom is -0.489 e. The Morgan fingerprint density at radius 1 is 0.857 bits per heavy atom. The number of hydrogen-bond donors (Lipinski definition) is 1. The van der Waals surface area contributed by atoms with Gasteiger partial charge in [0.05, 0.1) is 0 Å². The maximum Gasteiger partial charge on any atom is 0.335 e. The van der Waals surface area contributed by atoms with E-state index in [0.29, 0.717) is 19.4 Å². The second-order valence-corrected chi connectivity index (χ2v) is 6.44. The van der Waals surface area contributed by atoms with E-state index in [-0.39, 0.29) is 6.61 Å². The summed E-state index contributed by atoms with van der Waals surface area (Å²) in [4.78, 5) is 15.9. The molecule has 0 saturated heterocycles. The fourth-order valence-corrected chi connectivity index (χ4v) is 2.64. The number of benzene rings is 2. The standard InChI is InChI=1S/C23H23NO4/c25-22(11-8-18-4-2-1-3-5-18)23(26)28-17-19-6-9-21(10-7-19)27-16-20-12-14-24-15-13-20/h1-7,9-10,12-15,22,25H,8,11,16-17H2. The Balaban J connectivity index is 1.40. The molecule has 0 fully saturated rings. The molecule has 3 rings (SSSR count). The highest BCUT2D eigenvalue weighted by Gasteiger charge is 2.16. The zero-order chi connectivity index (χ0) is 19.6. The molecule has 0 spiro atoms. The van der Waals surface area contributed by atoms with Crippen LogP contribution in [-0.4, -0.2) is 22.2 Å². The van der Waals surface area contributed by atoms with Crippen molar-refractivity contribution in [2.24, 2.45) is 0 Å². The van der Waals surface area contributed by atoms with E-state index in [4.69, 9.17) is 9.47 Å². The smallest absolute Gasteiger partial charge is 0.335 e. The number of nitrogens with zero attached hydrogens (tertiary/aromatic N) is 1. The minimum atomic E-state index is -1.12. The van der Waals surface area contributed by atoms with Gasteiger partial charge in [0.2, 0.25) is 0 Å². The third-order valence-corrected chi connectivity index (χ3v) is 4.28. The lowest BCUT2D eigenvalue weighted by molar-refractivity contribution is -0.155. The van der Waals surface area contributed by atoms with E-state index in [1.165, 1.54) is 0 Å². The highest BCUT2D eigenvalue weighted by Crippen LogP contribution is 2.15. The maximum absolute atomic E-state index is 12.0. The number of rotatable bonds is 9. The molecular formula is C23H23NO4. The van der Waals surface area contributed by atoms with Crippen molar-refractivity contribution in [3.63, 3.8) is 0 Å². The Hall–Kier alpha value is -3.18. The van der Waals surface area contributed by atoms with Gasteiger partial charge in [0.1, 0.15) is 19.0 Å². The molecular weight excluding hydrogens is 354 g/mol. The van der Waals surface area contributed by atoms with Gasteiger partial charge in [0, 0.05) is 12.4 Å². The van der Waals surface area contributed by atoms with Crippen LogP contribution in [0.4, 0.5) is 0 Å². The van der Waals surface area contributed by atoms with Crippen LogP contribution in [0.1, 0.15) is 23.1 Å². The molecule has 1 atom stereocenters. The SMILES string of the molecule is O=C(OCc1ccc(OCc2ccncc2)cc1)C(O)CCc1ccccc1. The first-order valence-corrected chi connectivity index (χ1v) is 9.20. The summed E-state index contributed by atoms with van der Waals surface area (Å²) in [6.45, 7) is 0.580. The van der Waals surface area contributed by atoms with Gasteiger partial charge >= 0.3 is 5.97 Å². The summed E-state index contributed by atoms with van der Waals surface area (Å²) < 4.78 is 10.9. The Kier molecular flexibility index (Phi) is 7.15. The van der Waals surface area contributed by atoms with Gasteiger partial charge in [0.15, 0.2) is 6.10 Å². The highest BCUT2D eigenvalue weighted by atomic mass is 16.5.